The van der Waals surface area contributed by atoms with Gasteiger partial charge in [0.2, 0.25) is 5.88 Å². The molecule has 4 rings (SSSR count). The van der Waals surface area contributed by atoms with Crippen molar-refractivity contribution in [2.75, 3.05) is 0 Å². The molecule has 1 heterocycles. The number of fused-ring (bicyclic) bond motifs is 1. The van der Waals surface area contributed by atoms with E-state index < -0.39 is 11.8 Å². The lowest BCUT2D eigenvalue weighted by Crippen LogP contribution is -2.26. The van der Waals surface area contributed by atoms with Crippen molar-refractivity contribution in [3.05, 3.63) is 112 Å². The van der Waals surface area contributed by atoms with Crippen molar-refractivity contribution in [1.82, 2.24) is 10.3 Å². The first kappa shape index (κ1) is 23.8. The molecule has 174 valence electrons. The first-order chi connectivity index (χ1) is 16.9. The van der Waals surface area contributed by atoms with E-state index in [1.807, 2.05) is 43.3 Å². The number of benzene rings is 3. The summed E-state index contributed by atoms with van der Waals surface area (Å²) in [4.78, 5) is 28.5. The largest absolute Gasteiger partial charge is 0.493 e. The van der Waals surface area contributed by atoms with E-state index in [0.717, 1.165) is 15.6 Å². The van der Waals surface area contributed by atoms with Crippen molar-refractivity contribution in [1.29, 1.82) is 0 Å². The monoisotopic (exact) mass is 528 g/mol. The number of nitrogens with one attached hydrogen (secondary N) is 2. The van der Waals surface area contributed by atoms with Crippen LogP contribution in [0, 0.1) is 6.92 Å². The van der Waals surface area contributed by atoms with Gasteiger partial charge in [0.1, 0.15) is 5.70 Å². The number of allylic oxidation sites excluding steroid dienone is 2. The fourth-order valence-electron chi connectivity index (χ4n) is 3.42. The van der Waals surface area contributed by atoms with Gasteiger partial charge in [-0.2, -0.15) is 0 Å². The molecule has 0 unspecified atom stereocenters. The van der Waals surface area contributed by atoms with E-state index in [0.29, 0.717) is 16.5 Å². The molecule has 4 aromatic rings. The molecule has 0 fully saturated rings. The zero-order chi connectivity index (χ0) is 24.8. The number of carbonyl (C=O) groups is 2. The zero-order valence-electron chi connectivity index (χ0n) is 18.7. The number of hydrogen-bond acceptors (Lipinski definition) is 4. The van der Waals surface area contributed by atoms with Crippen LogP contribution >= 0.6 is 15.9 Å². The molecule has 3 aromatic carbocycles. The second-order valence-corrected chi connectivity index (χ2v) is 8.56. The average Bonchev–Trinajstić information content (AvgIpc) is 3.18. The maximum absolute atomic E-state index is 13.0. The second kappa shape index (κ2) is 10.8. The number of rotatable bonds is 6. The Morgan fingerprint density at radius 1 is 1.03 bits per heavy atom. The van der Waals surface area contributed by atoms with Crippen LogP contribution in [0.4, 0.5) is 5.69 Å². The Balaban J connectivity index is 1.64. The fraction of sp³-hybridized carbons (Fsp3) is 0.0370. The van der Waals surface area contributed by atoms with E-state index in [1.165, 1.54) is 6.08 Å². The van der Waals surface area contributed by atoms with Crippen LogP contribution in [0.1, 0.15) is 21.5 Å². The Morgan fingerprint density at radius 2 is 1.71 bits per heavy atom. The number of aromatic hydroxyl groups is 1. The van der Waals surface area contributed by atoms with Crippen LogP contribution in [0.15, 0.2) is 105 Å². The maximum Gasteiger partial charge on any atom is 0.311 e. The summed E-state index contributed by atoms with van der Waals surface area (Å²) >= 11 is 3.43. The number of hydrogen-bond donors (Lipinski definition) is 3. The molecule has 0 aliphatic carbocycles. The molecule has 0 saturated heterocycles. The minimum absolute atomic E-state index is 0.0634. The molecule has 0 bridgehead atoms. The molecular formula is C27H21BrN4O3. The Bertz CT molecular complexity index is 1470. The number of aryl methyl sites for hydroxylation is 1. The van der Waals surface area contributed by atoms with E-state index in [-0.39, 0.29) is 17.3 Å². The van der Waals surface area contributed by atoms with Crippen molar-refractivity contribution in [2.45, 2.75) is 6.92 Å². The Morgan fingerprint density at radius 3 is 2.43 bits per heavy atom. The van der Waals surface area contributed by atoms with Gasteiger partial charge in [-0.15, -0.1) is 10.2 Å². The van der Waals surface area contributed by atoms with Gasteiger partial charge >= 0.3 is 5.91 Å². The van der Waals surface area contributed by atoms with Crippen molar-refractivity contribution >= 4 is 50.4 Å². The number of H-pyrrole nitrogens is 1. The van der Waals surface area contributed by atoms with Gasteiger partial charge < -0.3 is 15.4 Å². The second-order valence-electron chi connectivity index (χ2n) is 7.64. The third-order valence-electron chi connectivity index (χ3n) is 5.13. The van der Waals surface area contributed by atoms with Gasteiger partial charge in [-0.25, -0.2) is 0 Å². The molecule has 0 spiro atoms. The number of azo groups is 1. The highest BCUT2D eigenvalue weighted by Crippen LogP contribution is 2.38. The SMILES string of the molecule is Cc1cc(Br)cc2c(N=NC(=O)/C(=C\C=C\c3ccccc3)NC(=O)c3ccccc3)c(O)[nH]c12. The van der Waals surface area contributed by atoms with Crippen molar-refractivity contribution < 1.29 is 14.7 Å². The average molecular weight is 529 g/mol. The van der Waals surface area contributed by atoms with Crippen LogP contribution in [0.25, 0.3) is 17.0 Å². The Labute approximate surface area is 210 Å². The fourth-order valence-corrected chi connectivity index (χ4v) is 3.99. The summed E-state index contributed by atoms with van der Waals surface area (Å²) in [5, 5.41) is 21.3. The Kier molecular flexibility index (Phi) is 7.32. The van der Waals surface area contributed by atoms with E-state index in [4.69, 9.17) is 0 Å². The third-order valence-corrected chi connectivity index (χ3v) is 5.59. The molecule has 0 atom stereocenters. The van der Waals surface area contributed by atoms with Crippen LogP contribution in [0.3, 0.4) is 0 Å². The molecular weight excluding hydrogens is 508 g/mol. The van der Waals surface area contributed by atoms with Crippen LogP contribution in [-0.2, 0) is 4.79 Å². The maximum atomic E-state index is 13.0. The molecule has 35 heavy (non-hydrogen) atoms. The quantitative estimate of drug-likeness (QED) is 0.149. The lowest BCUT2D eigenvalue weighted by Gasteiger charge is -2.06. The summed E-state index contributed by atoms with van der Waals surface area (Å²) < 4.78 is 0.797. The molecule has 0 radical (unpaired) electrons. The summed E-state index contributed by atoms with van der Waals surface area (Å²) in [6.07, 6.45) is 4.91. The van der Waals surface area contributed by atoms with Gasteiger partial charge in [0.15, 0.2) is 5.69 Å². The molecule has 1 aromatic heterocycles. The lowest BCUT2D eigenvalue weighted by atomic mass is 10.1. The van der Waals surface area contributed by atoms with E-state index in [1.54, 1.807) is 48.6 Å². The van der Waals surface area contributed by atoms with Gasteiger partial charge in [-0.3, -0.25) is 9.59 Å². The van der Waals surface area contributed by atoms with Crippen LogP contribution < -0.4 is 5.32 Å². The molecule has 0 aliphatic rings. The highest BCUT2D eigenvalue weighted by atomic mass is 79.9. The van der Waals surface area contributed by atoms with Gasteiger partial charge in [0.05, 0.1) is 5.52 Å². The van der Waals surface area contributed by atoms with Crippen molar-refractivity contribution in [3.63, 3.8) is 0 Å². The van der Waals surface area contributed by atoms with Gasteiger partial charge in [0, 0.05) is 15.4 Å². The molecule has 0 aliphatic heterocycles. The Hall–Kier alpha value is -4.30. The van der Waals surface area contributed by atoms with Crippen LogP contribution in [-0.4, -0.2) is 21.9 Å². The van der Waals surface area contributed by atoms with Crippen LogP contribution in [0.2, 0.25) is 0 Å². The van der Waals surface area contributed by atoms with Gasteiger partial charge in [-0.05, 0) is 48.4 Å². The molecule has 8 heteroatoms. The predicted molar refractivity (Wildman–Crippen MR) is 139 cm³/mol. The smallest absolute Gasteiger partial charge is 0.311 e. The van der Waals surface area contributed by atoms with Gasteiger partial charge in [-0.1, -0.05) is 76.6 Å². The van der Waals surface area contributed by atoms with E-state index >= 15 is 0 Å². The minimum atomic E-state index is -0.771. The number of halogens is 1. The highest BCUT2D eigenvalue weighted by Gasteiger charge is 2.16. The molecule has 0 saturated carbocycles. The summed E-state index contributed by atoms with van der Waals surface area (Å²) in [6, 6.07) is 21.7. The van der Waals surface area contributed by atoms with E-state index in [2.05, 4.69) is 36.5 Å². The van der Waals surface area contributed by atoms with Crippen LogP contribution in [0.5, 0.6) is 5.88 Å². The number of aromatic amines is 1. The number of nitrogens with zero attached hydrogens (tertiary/aromatic N) is 2. The molecule has 7 nitrogen and oxygen atoms in total. The summed E-state index contributed by atoms with van der Waals surface area (Å²) in [6.45, 7) is 1.88. The number of amides is 2. The number of aromatic nitrogens is 1. The summed E-state index contributed by atoms with van der Waals surface area (Å²) in [5.41, 5.74) is 2.96. The first-order valence-electron chi connectivity index (χ1n) is 10.7. The third kappa shape index (κ3) is 5.80. The lowest BCUT2D eigenvalue weighted by molar-refractivity contribution is -0.115. The summed E-state index contributed by atoms with van der Waals surface area (Å²) in [5.74, 6) is -1.43. The molecule has 2 amide bonds. The van der Waals surface area contributed by atoms with Crippen molar-refractivity contribution in [3.8, 4) is 5.88 Å². The predicted octanol–water partition coefficient (Wildman–Crippen LogP) is 6.58. The van der Waals surface area contributed by atoms with E-state index in [9.17, 15) is 14.7 Å². The highest BCUT2D eigenvalue weighted by molar-refractivity contribution is 9.10. The normalized spacial score (nSPS) is 12.0. The number of carbonyl (C=O) groups excluding carboxylic acids is 2. The summed E-state index contributed by atoms with van der Waals surface area (Å²) in [7, 11) is 0. The first-order valence-corrected chi connectivity index (χ1v) is 11.5. The standard InChI is InChI=1S/C27H21BrN4O3/c1-17-15-20(28)16-21-23(17)30-27(35)24(21)31-32-26(34)22(14-8-11-18-9-4-2-5-10-18)29-25(33)19-12-6-3-7-13-19/h2-16,30,35H,1H3,(H,29,33)/b11-8+,22-14+,32-31?. The van der Waals surface area contributed by atoms with Crippen molar-refractivity contribution in [2.24, 2.45) is 10.2 Å². The zero-order valence-corrected chi connectivity index (χ0v) is 20.3. The molecule has 3 N–H and O–H groups in total. The topological polar surface area (TPSA) is 107 Å². The van der Waals surface area contributed by atoms with Gasteiger partial charge in [0.25, 0.3) is 5.91 Å². The minimum Gasteiger partial charge on any atom is -0.493 e.